The first-order chi connectivity index (χ1) is 18.8. The number of H-pyrrole nitrogens is 1. The average Bonchev–Trinajstić information content (AvgIpc) is 3.49. The molecule has 1 aliphatic rings. The standard InChI is InChI=1S/C29H32N4O5/c1-34-29-28(37-20-23-15-9-4-10-16-23)27(36-19-22-13-7-3-8-14-22)26(35-18-21-11-5-2-6-12-21)24(38-29)17-25-30-32-33-31-25/h2-16,24,26-29H,17-20H2,1H3,(H,30,31,32,33)/t24-,26-,27+,28-,29-/m1/s1. The number of nitrogens with one attached hydrogen (secondary N) is 1. The van der Waals surface area contributed by atoms with E-state index in [2.05, 4.69) is 20.6 Å². The van der Waals surface area contributed by atoms with E-state index in [1.807, 2.05) is 91.0 Å². The highest BCUT2D eigenvalue weighted by Gasteiger charge is 2.49. The number of rotatable bonds is 12. The van der Waals surface area contributed by atoms with Crippen molar-refractivity contribution in [1.82, 2.24) is 20.6 Å². The number of hydrogen-bond acceptors (Lipinski definition) is 8. The highest BCUT2D eigenvalue weighted by Crippen LogP contribution is 2.32. The Kier molecular flexibility index (Phi) is 9.20. The van der Waals surface area contributed by atoms with Crippen LogP contribution in [0.3, 0.4) is 0 Å². The lowest BCUT2D eigenvalue weighted by molar-refractivity contribution is -0.317. The van der Waals surface area contributed by atoms with Crippen LogP contribution in [0, 0.1) is 0 Å². The minimum Gasteiger partial charge on any atom is -0.368 e. The molecule has 1 fully saturated rings. The summed E-state index contributed by atoms with van der Waals surface area (Å²) in [4.78, 5) is 0. The van der Waals surface area contributed by atoms with Crippen molar-refractivity contribution in [2.24, 2.45) is 0 Å². The molecule has 198 valence electrons. The second-order valence-electron chi connectivity index (χ2n) is 9.09. The maximum absolute atomic E-state index is 6.58. The Hall–Kier alpha value is -3.47. The van der Waals surface area contributed by atoms with Crippen molar-refractivity contribution in [3.63, 3.8) is 0 Å². The Morgan fingerprint density at radius 3 is 1.66 bits per heavy atom. The first-order valence-corrected chi connectivity index (χ1v) is 12.7. The van der Waals surface area contributed by atoms with E-state index in [0.717, 1.165) is 16.7 Å². The molecular formula is C29H32N4O5. The molecule has 1 N–H and O–H groups in total. The minimum absolute atomic E-state index is 0.367. The van der Waals surface area contributed by atoms with Crippen LogP contribution in [-0.4, -0.2) is 58.4 Å². The van der Waals surface area contributed by atoms with Gasteiger partial charge in [0.15, 0.2) is 12.1 Å². The molecule has 0 unspecified atom stereocenters. The van der Waals surface area contributed by atoms with Crippen LogP contribution in [0.25, 0.3) is 0 Å². The summed E-state index contributed by atoms with van der Waals surface area (Å²) >= 11 is 0. The van der Waals surface area contributed by atoms with Crippen molar-refractivity contribution >= 4 is 0 Å². The van der Waals surface area contributed by atoms with Gasteiger partial charge in [0.1, 0.15) is 18.3 Å². The van der Waals surface area contributed by atoms with Gasteiger partial charge in [-0.25, -0.2) is 0 Å². The third-order valence-electron chi connectivity index (χ3n) is 6.45. The lowest BCUT2D eigenvalue weighted by Crippen LogP contribution is -2.61. The fraction of sp³-hybridized carbons (Fsp3) is 0.345. The van der Waals surface area contributed by atoms with E-state index in [-0.39, 0.29) is 0 Å². The van der Waals surface area contributed by atoms with Crippen molar-refractivity contribution in [1.29, 1.82) is 0 Å². The molecule has 1 aromatic heterocycles. The summed E-state index contributed by atoms with van der Waals surface area (Å²) in [7, 11) is 1.61. The molecule has 0 spiro atoms. The first-order valence-electron chi connectivity index (χ1n) is 12.7. The van der Waals surface area contributed by atoms with Crippen LogP contribution >= 0.6 is 0 Å². The van der Waals surface area contributed by atoms with Gasteiger partial charge in [0.05, 0.1) is 25.9 Å². The smallest absolute Gasteiger partial charge is 0.186 e. The fourth-order valence-electron chi connectivity index (χ4n) is 4.55. The van der Waals surface area contributed by atoms with Crippen molar-refractivity contribution < 1.29 is 23.7 Å². The zero-order chi connectivity index (χ0) is 26.0. The van der Waals surface area contributed by atoms with E-state index in [0.29, 0.717) is 32.1 Å². The molecule has 0 amide bonds. The summed E-state index contributed by atoms with van der Waals surface area (Å²) in [5.74, 6) is 0.517. The average molecular weight is 517 g/mol. The van der Waals surface area contributed by atoms with E-state index in [4.69, 9.17) is 23.7 Å². The molecule has 1 saturated heterocycles. The summed E-state index contributed by atoms with van der Waals surface area (Å²) in [6.07, 6.45) is -2.33. The van der Waals surface area contributed by atoms with Gasteiger partial charge in [0, 0.05) is 13.5 Å². The quantitative estimate of drug-likeness (QED) is 0.303. The number of benzene rings is 3. The number of tetrazole rings is 1. The number of methoxy groups -OCH3 is 1. The van der Waals surface area contributed by atoms with Gasteiger partial charge in [-0.15, -0.1) is 10.2 Å². The van der Waals surface area contributed by atoms with Crippen LogP contribution in [-0.2, 0) is 49.9 Å². The van der Waals surface area contributed by atoms with E-state index < -0.39 is 30.7 Å². The van der Waals surface area contributed by atoms with Crippen LogP contribution in [0.15, 0.2) is 91.0 Å². The highest BCUT2D eigenvalue weighted by molar-refractivity contribution is 5.16. The maximum atomic E-state index is 6.58. The van der Waals surface area contributed by atoms with Gasteiger partial charge in [-0.3, -0.25) is 0 Å². The molecule has 5 atom stereocenters. The number of ether oxygens (including phenoxy) is 5. The van der Waals surface area contributed by atoms with Gasteiger partial charge in [-0.05, 0) is 16.7 Å². The Morgan fingerprint density at radius 1 is 0.684 bits per heavy atom. The molecule has 5 rings (SSSR count). The van der Waals surface area contributed by atoms with Crippen LogP contribution in [0.5, 0.6) is 0 Å². The third kappa shape index (κ3) is 6.89. The molecular weight excluding hydrogens is 484 g/mol. The second kappa shape index (κ2) is 13.4. The Morgan fingerprint density at radius 2 is 1.18 bits per heavy atom. The van der Waals surface area contributed by atoms with Crippen LogP contribution in [0.1, 0.15) is 22.5 Å². The molecule has 1 aliphatic heterocycles. The summed E-state index contributed by atoms with van der Waals surface area (Å²) < 4.78 is 31.8. The Labute approximate surface area is 222 Å². The van der Waals surface area contributed by atoms with Crippen molar-refractivity contribution in [3.8, 4) is 0 Å². The third-order valence-corrected chi connectivity index (χ3v) is 6.45. The monoisotopic (exact) mass is 516 g/mol. The largest absolute Gasteiger partial charge is 0.368 e. The minimum atomic E-state index is -0.687. The summed E-state index contributed by atoms with van der Waals surface area (Å²) in [6, 6.07) is 30.0. The number of aromatic amines is 1. The summed E-state index contributed by atoms with van der Waals surface area (Å²) in [5, 5.41) is 14.5. The first kappa shape index (κ1) is 26.1. The van der Waals surface area contributed by atoms with Gasteiger partial charge in [-0.2, -0.15) is 5.21 Å². The predicted octanol–water partition coefficient (Wildman–Crippen LogP) is 3.87. The number of nitrogens with zero attached hydrogens (tertiary/aromatic N) is 3. The van der Waals surface area contributed by atoms with Crippen LogP contribution < -0.4 is 0 Å². The number of hydrogen-bond donors (Lipinski definition) is 1. The normalized spacial score (nSPS) is 23.3. The lowest BCUT2D eigenvalue weighted by atomic mass is 9.95. The van der Waals surface area contributed by atoms with Crippen LogP contribution in [0.4, 0.5) is 0 Å². The molecule has 0 aliphatic carbocycles. The van der Waals surface area contributed by atoms with Crippen molar-refractivity contribution in [3.05, 3.63) is 114 Å². The van der Waals surface area contributed by atoms with E-state index in [1.165, 1.54) is 0 Å². The second-order valence-corrected chi connectivity index (χ2v) is 9.09. The predicted molar refractivity (Wildman–Crippen MR) is 139 cm³/mol. The maximum Gasteiger partial charge on any atom is 0.186 e. The molecule has 3 aromatic carbocycles. The molecule has 4 aromatic rings. The molecule has 0 saturated carbocycles. The van der Waals surface area contributed by atoms with Crippen molar-refractivity contribution in [2.45, 2.75) is 56.9 Å². The Bertz CT molecular complexity index is 1200. The topological polar surface area (TPSA) is 101 Å². The van der Waals surface area contributed by atoms with E-state index in [9.17, 15) is 0 Å². The zero-order valence-corrected chi connectivity index (χ0v) is 21.3. The molecule has 9 nitrogen and oxygen atoms in total. The van der Waals surface area contributed by atoms with Gasteiger partial charge in [0.2, 0.25) is 0 Å². The van der Waals surface area contributed by atoms with Gasteiger partial charge in [-0.1, -0.05) is 96.2 Å². The van der Waals surface area contributed by atoms with Gasteiger partial charge < -0.3 is 23.7 Å². The van der Waals surface area contributed by atoms with Gasteiger partial charge in [0.25, 0.3) is 0 Å². The van der Waals surface area contributed by atoms with Gasteiger partial charge >= 0.3 is 0 Å². The molecule has 9 heteroatoms. The molecule has 38 heavy (non-hydrogen) atoms. The van der Waals surface area contributed by atoms with Crippen molar-refractivity contribution in [2.75, 3.05) is 7.11 Å². The zero-order valence-electron chi connectivity index (χ0n) is 21.3. The van der Waals surface area contributed by atoms with E-state index >= 15 is 0 Å². The SMILES string of the molecule is CO[C@@H]1O[C@H](Cc2nn[nH]n2)[C@@H](OCc2ccccc2)[C@H](OCc2ccccc2)[C@H]1OCc1ccccc1. The molecule has 2 heterocycles. The summed E-state index contributed by atoms with van der Waals surface area (Å²) in [5.41, 5.74) is 3.13. The lowest BCUT2D eigenvalue weighted by Gasteiger charge is -2.45. The fourth-order valence-corrected chi connectivity index (χ4v) is 4.55. The number of aromatic nitrogens is 4. The summed E-state index contributed by atoms with van der Waals surface area (Å²) in [6.45, 7) is 1.14. The van der Waals surface area contributed by atoms with E-state index in [1.54, 1.807) is 7.11 Å². The highest BCUT2D eigenvalue weighted by atomic mass is 16.7. The Balaban J connectivity index is 1.43. The van der Waals surface area contributed by atoms with Crippen LogP contribution in [0.2, 0.25) is 0 Å². The molecule has 0 radical (unpaired) electrons. The molecule has 0 bridgehead atoms.